The van der Waals surface area contributed by atoms with E-state index < -0.39 is 11.7 Å². The zero-order valence-corrected chi connectivity index (χ0v) is 12.3. The van der Waals surface area contributed by atoms with Crippen LogP contribution in [0.2, 0.25) is 5.02 Å². The van der Waals surface area contributed by atoms with Crippen LogP contribution < -0.4 is 0 Å². The van der Waals surface area contributed by atoms with E-state index >= 15 is 0 Å². The minimum Gasteiger partial charge on any atom is -0.295 e. The van der Waals surface area contributed by atoms with Gasteiger partial charge in [-0.25, -0.2) is 4.98 Å². The summed E-state index contributed by atoms with van der Waals surface area (Å²) in [6.45, 7) is 1.89. The van der Waals surface area contributed by atoms with Gasteiger partial charge in [-0.05, 0) is 24.3 Å². The molecule has 0 radical (unpaired) electrons. The Morgan fingerprint density at radius 3 is 2.64 bits per heavy atom. The second-order valence-corrected chi connectivity index (χ2v) is 5.15. The van der Waals surface area contributed by atoms with E-state index in [1.54, 1.807) is 23.0 Å². The molecule has 0 atom stereocenters. The number of imidazole rings is 1. The van der Waals surface area contributed by atoms with Gasteiger partial charge < -0.3 is 0 Å². The van der Waals surface area contributed by atoms with Crippen molar-refractivity contribution in [1.29, 1.82) is 0 Å². The maximum Gasteiger partial charge on any atom is 0.417 e. The highest BCUT2D eigenvalue weighted by molar-refractivity contribution is 6.32. The molecule has 0 unspecified atom stereocenters. The predicted molar refractivity (Wildman–Crippen MR) is 78.3 cm³/mol. The Hall–Kier alpha value is -2.08. The molecule has 2 aromatic heterocycles. The number of hydrogen-bond donors (Lipinski definition) is 0. The van der Waals surface area contributed by atoms with Crippen molar-refractivity contribution >= 4 is 22.6 Å². The van der Waals surface area contributed by atoms with Gasteiger partial charge in [0.1, 0.15) is 5.82 Å². The van der Waals surface area contributed by atoms with Gasteiger partial charge in [-0.3, -0.25) is 9.55 Å². The van der Waals surface area contributed by atoms with Gasteiger partial charge in [0, 0.05) is 12.6 Å². The predicted octanol–water partition coefficient (Wildman–Crippen LogP) is 4.66. The van der Waals surface area contributed by atoms with Crippen LogP contribution >= 0.6 is 11.6 Å². The number of nitrogens with zero attached hydrogens (tertiary/aromatic N) is 3. The minimum atomic E-state index is -4.50. The molecule has 3 aromatic rings. The van der Waals surface area contributed by atoms with Crippen LogP contribution in [-0.4, -0.2) is 14.5 Å². The largest absolute Gasteiger partial charge is 0.417 e. The molecule has 0 spiro atoms. The average molecular weight is 326 g/mol. The van der Waals surface area contributed by atoms with Crippen LogP contribution in [-0.2, 0) is 12.6 Å². The lowest BCUT2D eigenvalue weighted by atomic mass is 10.2. The van der Waals surface area contributed by atoms with Crippen LogP contribution in [0.5, 0.6) is 0 Å². The first-order chi connectivity index (χ1) is 10.4. The van der Waals surface area contributed by atoms with Crippen LogP contribution in [0.4, 0.5) is 13.2 Å². The van der Waals surface area contributed by atoms with Crippen molar-refractivity contribution in [3.8, 4) is 5.69 Å². The van der Waals surface area contributed by atoms with Crippen molar-refractivity contribution in [2.45, 2.75) is 19.5 Å². The van der Waals surface area contributed by atoms with Crippen LogP contribution in [0.1, 0.15) is 18.3 Å². The smallest absolute Gasteiger partial charge is 0.295 e. The number of rotatable bonds is 2. The van der Waals surface area contributed by atoms with E-state index in [0.29, 0.717) is 17.8 Å². The molecule has 0 amide bonds. The Labute approximate surface area is 129 Å². The third kappa shape index (κ3) is 2.43. The summed E-state index contributed by atoms with van der Waals surface area (Å²) in [4.78, 5) is 8.34. The van der Waals surface area contributed by atoms with Gasteiger partial charge in [-0.2, -0.15) is 13.2 Å². The standard InChI is InChI=1S/C15H11ClF3N3/c1-2-14-21-12-6-10(15(17,18)19)11(16)7-13(12)22(14)9-4-3-5-20-8-9/h3-8H,2H2,1H3. The number of aryl methyl sites for hydroxylation is 1. The van der Waals surface area contributed by atoms with Crippen LogP contribution in [0, 0.1) is 0 Å². The first-order valence-corrected chi connectivity index (χ1v) is 6.98. The first kappa shape index (κ1) is 14.8. The molecule has 0 aliphatic heterocycles. The van der Waals surface area contributed by atoms with Gasteiger partial charge in [-0.15, -0.1) is 0 Å². The molecule has 0 N–H and O–H groups in total. The summed E-state index contributed by atoms with van der Waals surface area (Å²) in [5.41, 5.74) is 0.651. The van der Waals surface area contributed by atoms with E-state index in [0.717, 1.165) is 11.8 Å². The van der Waals surface area contributed by atoms with E-state index in [9.17, 15) is 13.2 Å². The Morgan fingerprint density at radius 2 is 2.05 bits per heavy atom. The lowest BCUT2D eigenvalue weighted by Gasteiger charge is -2.10. The summed E-state index contributed by atoms with van der Waals surface area (Å²) in [5, 5.41) is -0.340. The number of pyridine rings is 1. The Bertz CT molecular complexity index is 825. The minimum absolute atomic E-state index is 0.262. The van der Waals surface area contributed by atoms with E-state index in [1.807, 2.05) is 13.0 Å². The van der Waals surface area contributed by atoms with Crippen LogP contribution in [0.15, 0.2) is 36.7 Å². The maximum atomic E-state index is 13.0. The quantitative estimate of drug-likeness (QED) is 0.686. The molecule has 0 aliphatic carbocycles. The average Bonchev–Trinajstić information content (AvgIpc) is 2.83. The fourth-order valence-corrected chi connectivity index (χ4v) is 2.64. The van der Waals surface area contributed by atoms with Crippen molar-refractivity contribution < 1.29 is 13.2 Å². The normalized spacial score (nSPS) is 12.0. The highest BCUT2D eigenvalue weighted by Crippen LogP contribution is 2.37. The first-order valence-electron chi connectivity index (χ1n) is 6.60. The number of benzene rings is 1. The number of halogens is 4. The van der Waals surface area contributed by atoms with E-state index in [-0.39, 0.29) is 10.5 Å². The number of hydrogen-bond acceptors (Lipinski definition) is 2. The van der Waals surface area contributed by atoms with Crippen LogP contribution in [0.25, 0.3) is 16.7 Å². The second kappa shape index (κ2) is 5.28. The Morgan fingerprint density at radius 1 is 1.27 bits per heavy atom. The number of alkyl halides is 3. The molecule has 3 nitrogen and oxygen atoms in total. The monoisotopic (exact) mass is 325 g/mol. The molecule has 3 rings (SSSR count). The molecule has 2 heterocycles. The molecule has 0 aliphatic rings. The molecule has 7 heteroatoms. The lowest BCUT2D eigenvalue weighted by molar-refractivity contribution is -0.137. The van der Waals surface area contributed by atoms with Gasteiger partial charge in [-0.1, -0.05) is 18.5 Å². The van der Waals surface area contributed by atoms with Gasteiger partial charge in [0.05, 0.1) is 33.5 Å². The zero-order valence-electron chi connectivity index (χ0n) is 11.5. The van der Waals surface area contributed by atoms with Gasteiger partial charge in [0.25, 0.3) is 0 Å². The molecule has 114 valence electrons. The molecule has 0 fully saturated rings. The van der Waals surface area contributed by atoms with E-state index in [4.69, 9.17) is 11.6 Å². The molecule has 0 saturated heterocycles. The summed E-state index contributed by atoms with van der Waals surface area (Å²) in [6, 6.07) is 5.87. The van der Waals surface area contributed by atoms with Crippen LogP contribution in [0.3, 0.4) is 0 Å². The molecular weight excluding hydrogens is 315 g/mol. The molecular formula is C15H11ClF3N3. The Balaban J connectivity index is 2.32. The highest BCUT2D eigenvalue weighted by Gasteiger charge is 2.34. The van der Waals surface area contributed by atoms with Gasteiger partial charge >= 0.3 is 6.18 Å². The van der Waals surface area contributed by atoms with Crippen molar-refractivity contribution in [1.82, 2.24) is 14.5 Å². The zero-order chi connectivity index (χ0) is 15.9. The van der Waals surface area contributed by atoms with Crippen molar-refractivity contribution in [2.75, 3.05) is 0 Å². The van der Waals surface area contributed by atoms with Gasteiger partial charge in [0.2, 0.25) is 0 Å². The summed E-state index contributed by atoms with van der Waals surface area (Å²) in [6.07, 6.45) is -0.674. The third-order valence-corrected chi connectivity index (χ3v) is 3.65. The molecule has 1 aromatic carbocycles. The van der Waals surface area contributed by atoms with E-state index in [2.05, 4.69) is 9.97 Å². The number of aromatic nitrogens is 3. The van der Waals surface area contributed by atoms with Crippen molar-refractivity contribution in [2.24, 2.45) is 0 Å². The summed E-state index contributed by atoms with van der Waals surface area (Å²) >= 11 is 5.82. The summed E-state index contributed by atoms with van der Waals surface area (Å²) in [5.74, 6) is 0.651. The van der Waals surface area contributed by atoms with Crippen molar-refractivity contribution in [3.05, 3.63) is 53.1 Å². The topological polar surface area (TPSA) is 30.7 Å². The SMILES string of the molecule is CCc1nc2cc(C(F)(F)F)c(Cl)cc2n1-c1cccnc1. The van der Waals surface area contributed by atoms with Crippen molar-refractivity contribution in [3.63, 3.8) is 0 Å². The Kier molecular flexibility index (Phi) is 3.56. The second-order valence-electron chi connectivity index (χ2n) is 4.75. The highest BCUT2D eigenvalue weighted by atomic mass is 35.5. The fourth-order valence-electron chi connectivity index (χ4n) is 2.38. The van der Waals surface area contributed by atoms with Gasteiger partial charge in [0.15, 0.2) is 0 Å². The number of fused-ring (bicyclic) bond motifs is 1. The van der Waals surface area contributed by atoms with E-state index in [1.165, 1.54) is 6.07 Å². The lowest BCUT2D eigenvalue weighted by Crippen LogP contribution is -2.06. The molecule has 22 heavy (non-hydrogen) atoms. The fraction of sp³-hybridized carbons (Fsp3) is 0.200. The molecule has 0 saturated carbocycles. The summed E-state index contributed by atoms with van der Waals surface area (Å²) in [7, 11) is 0. The third-order valence-electron chi connectivity index (χ3n) is 3.34. The maximum absolute atomic E-state index is 13.0. The molecule has 0 bridgehead atoms. The summed E-state index contributed by atoms with van der Waals surface area (Å²) < 4.78 is 40.7.